The number of ether oxygens (including phenoxy) is 1. The molecule has 6 heteroatoms. The molecule has 0 aliphatic heterocycles. The first kappa shape index (κ1) is 12.6. The molecule has 0 amide bonds. The Morgan fingerprint density at radius 1 is 1.36 bits per heavy atom. The lowest BCUT2D eigenvalue weighted by Gasteiger charge is -2.10. The summed E-state index contributed by atoms with van der Waals surface area (Å²) in [6.45, 7) is 3.26. The summed E-state index contributed by atoms with van der Waals surface area (Å²) in [5, 5.41) is 0. The van der Waals surface area contributed by atoms with E-state index in [0.717, 1.165) is 6.26 Å². The standard InChI is InChI=1S/C8H8O4S.H3N/c1-2-12-7-5-3-4-6-8(7)13(9,10)11;/h2-6H,1H2,(H,9,10,11);1H3. The zero-order valence-corrected chi connectivity index (χ0v) is 8.45. The van der Waals surface area contributed by atoms with E-state index in [0.29, 0.717) is 0 Å². The highest BCUT2D eigenvalue weighted by atomic mass is 32.2. The normalized spacial score (nSPS) is 10.1. The van der Waals surface area contributed by atoms with Crippen molar-refractivity contribution < 1.29 is 17.7 Å². The monoisotopic (exact) mass is 217 g/mol. The molecule has 1 aromatic rings. The molecule has 0 aromatic heterocycles. The Labute approximate surface area is 82.3 Å². The van der Waals surface area contributed by atoms with E-state index in [9.17, 15) is 13.0 Å². The highest BCUT2D eigenvalue weighted by molar-refractivity contribution is 7.85. The van der Waals surface area contributed by atoms with Crippen LogP contribution in [-0.4, -0.2) is 13.0 Å². The van der Waals surface area contributed by atoms with Crippen molar-refractivity contribution in [3.05, 3.63) is 37.1 Å². The van der Waals surface area contributed by atoms with Crippen molar-refractivity contribution >= 4 is 10.1 Å². The quantitative estimate of drug-likeness (QED) is 0.611. The van der Waals surface area contributed by atoms with Crippen LogP contribution in [-0.2, 0) is 10.1 Å². The molecule has 0 saturated heterocycles. The smallest absolute Gasteiger partial charge is 0.143 e. The van der Waals surface area contributed by atoms with Crippen LogP contribution < -0.4 is 10.9 Å². The summed E-state index contributed by atoms with van der Waals surface area (Å²) in [6, 6.07) is 5.57. The minimum Gasteiger partial charge on any atom is -0.744 e. The molecule has 0 aliphatic rings. The second-order valence-corrected chi connectivity index (χ2v) is 3.53. The van der Waals surface area contributed by atoms with Gasteiger partial charge in [-0.15, -0.1) is 0 Å². The minimum absolute atomic E-state index is 0. The highest BCUT2D eigenvalue weighted by Crippen LogP contribution is 2.22. The number of hydrogen-bond acceptors (Lipinski definition) is 4. The van der Waals surface area contributed by atoms with E-state index in [1.54, 1.807) is 6.07 Å². The molecule has 0 radical (unpaired) electrons. The summed E-state index contributed by atoms with van der Waals surface area (Å²) >= 11 is 0. The van der Waals surface area contributed by atoms with E-state index >= 15 is 0 Å². The lowest BCUT2D eigenvalue weighted by atomic mass is 10.3. The topological polar surface area (TPSA) is 103 Å². The fourth-order valence-electron chi connectivity index (χ4n) is 0.844. The maximum Gasteiger partial charge on any atom is 0.143 e. The van der Waals surface area contributed by atoms with Crippen LogP contribution in [0, 0.1) is 0 Å². The SMILES string of the molecule is C=COc1ccccc1S(=O)(=O)[O-].[NH4+]. The van der Waals surface area contributed by atoms with Gasteiger partial charge in [-0.3, -0.25) is 0 Å². The summed E-state index contributed by atoms with van der Waals surface area (Å²) in [4.78, 5) is -0.380. The number of quaternary nitrogens is 1. The zero-order chi connectivity index (χ0) is 9.90. The minimum atomic E-state index is -4.48. The Balaban J connectivity index is 0.00000169. The summed E-state index contributed by atoms with van der Waals surface area (Å²) < 4.78 is 36.7. The Kier molecular flexibility index (Phi) is 4.29. The second kappa shape index (κ2) is 4.75. The van der Waals surface area contributed by atoms with E-state index in [1.807, 2.05) is 0 Å². The Bertz CT molecular complexity index is 413. The van der Waals surface area contributed by atoms with Gasteiger partial charge in [-0.25, -0.2) is 8.42 Å². The molecule has 0 unspecified atom stereocenters. The van der Waals surface area contributed by atoms with Crippen LogP contribution in [0.1, 0.15) is 0 Å². The molecule has 0 fully saturated rings. The Morgan fingerprint density at radius 2 is 1.93 bits per heavy atom. The van der Waals surface area contributed by atoms with E-state index in [2.05, 4.69) is 6.58 Å². The molecule has 14 heavy (non-hydrogen) atoms. The zero-order valence-electron chi connectivity index (χ0n) is 7.64. The first-order valence-corrected chi connectivity index (χ1v) is 4.79. The molecule has 4 N–H and O–H groups in total. The third-order valence-electron chi connectivity index (χ3n) is 1.33. The number of para-hydroxylation sites is 1. The fraction of sp³-hybridized carbons (Fsp3) is 0. The van der Waals surface area contributed by atoms with E-state index in [1.165, 1.54) is 18.2 Å². The predicted molar refractivity (Wildman–Crippen MR) is 51.2 cm³/mol. The summed E-state index contributed by atoms with van der Waals surface area (Å²) in [6.07, 6.45) is 1.06. The average Bonchev–Trinajstić information content (AvgIpc) is 2.04. The van der Waals surface area contributed by atoms with Gasteiger partial charge in [0.2, 0.25) is 0 Å². The van der Waals surface area contributed by atoms with Gasteiger partial charge in [0.15, 0.2) is 0 Å². The van der Waals surface area contributed by atoms with Crippen molar-refractivity contribution in [1.82, 2.24) is 6.15 Å². The molecular formula is C8H11NO4S. The van der Waals surface area contributed by atoms with Crippen LogP contribution in [0.15, 0.2) is 42.0 Å². The summed E-state index contributed by atoms with van der Waals surface area (Å²) in [7, 11) is -4.48. The van der Waals surface area contributed by atoms with Gasteiger partial charge in [-0.1, -0.05) is 18.7 Å². The lowest BCUT2D eigenvalue weighted by Crippen LogP contribution is -2.00. The average molecular weight is 217 g/mol. The van der Waals surface area contributed by atoms with Gasteiger partial charge in [-0.2, -0.15) is 0 Å². The highest BCUT2D eigenvalue weighted by Gasteiger charge is 2.07. The number of benzene rings is 1. The van der Waals surface area contributed by atoms with Gasteiger partial charge < -0.3 is 15.4 Å². The van der Waals surface area contributed by atoms with Crippen molar-refractivity contribution in [2.24, 2.45) is 0 Å². The molecule has 5 nitrogen and oxygen atoms in total. The summed E-state index contributed by atoms with van der Waals surface area (Å²) in [5.74, 6) is -0.00694. The Hall–Kier alpha value is -1.37. The largest absolute Gasteiger partial charge is 0.744 e. The predicted octanol–water partition coefficient (Wildman–Crippen LogP) is 1.49. The second-order valence-electron chi connectivity index (χ2n) is 2.19. The van der Waals surface area contributed by atoms with Crippen LogP contribution in [0.4, 0.5) is 0 Å². The molecular weight excluding hydrogens is 206 g/mol. The van der Waals surface area contributed by atoms with E-state index in [-0.39, 0.29) is 16.8 Å². The fourth-order valence-corrected chi connectivity index (χ4v) is 1.45. The maximum absolute atomic E-state index is 10.7. The molecule has 0 atom stereocenters. The van der Waals surface area contributed by atoms with Gasteiger partial charge in [0.1, 0.15) is 15.9 Å². The van der Waals surface area contributed by atoms with Gasteiger partial charge in [0.05, 0.1) is 11.2 Å². The number of hydrogen-bond donors (Lipinski definition) is 1. The van der Waals surface area contributed by atoms with Crippen LogP contribution in [0.25, 0.3) is 0 Å². The van der Waals surface area contributed by atoms with Crippen molar-refractivity contribution in [3.8, 4) is 5.75 Å². The first-order valence-electron chi connectivity index (χ1n) is 3.38. The van der Waals surface area contributed by atoms with Crippen molar-refractivity contribution in [3.63, 3.8) is 0 Å². The molecule has 0 spiro atoms. The molecule has 0 heterocycles. The molecule has 1 aromatic carbocycles. The third kappa shape index (κ3) is 2.84. The van der Waals surface area contributed by atoms with E-state index in [4.69, 9.17) is 4.74 Å². The lowest BCUT2D eigenvalue weighted by molar-refractivity contribution is 0.440. The van der Waals surface area contributed by atoms with Gasteiger partial charge in [0, 0.05) is 0 Å². The van der Waals surface area contributed by atoms with Crippen molar-refractivity contribution in [2.75, 3.05) is 0 Å². The molecule has 78 valence electrons. The maximum atomic E-state index is 10.7. The molecule has 0 saturated carbocycles. The number of rotatable bonds is 3. The first-order chi connectivity index (χ1) is 6.05. The molecule has 0 aliphatic carbocycles. The molecule has 0 bridgehead atoms. The van der Waals surface area contributed by atoms with Gasteiger partial charge in [0.25, 0.3) is 0 Å². The van der Waals surface area contributed by atoms with Crippen LogP contribution in [0.2, 0.25) is 0 Å². The Morgan fingerprint density at radius 3 is 2.43 bits per heavy atom. The van der Waals surface area contributed by atoms with Crippen molar-refractivity contribution in [2.45, 2.75) is 4.90 Å². The van der Waals surface area contributed by atoms with Crippen LogP contribution >= 0.6 is 0 Å². The van der Waals surface area contributed by atoms with E-state index < -0.39 is 10.1 Å². The van der Waals surface area contributed by atoms with Crippen molar-refractivity contribution in [1.29, 1.82) is 0 Å². The molecule has 1 rings (SSSR count). The van der Waals surface area contributed by atoms with Crippen LogP contribution in [0.5, 0.6) is 5.75 Å². The third-order valence-corrected chi connectivity index (χ3v) is 2.20. The van der Waals surface area contributed by atoms with Gasteiger partial charge in [-0.05, 0) is 12.1 Å². The van der Waals surface area contributed by atoms with Crippen LogP contribution in [0.3, 0.4) is 0 Å². The summed E-state index contributed by atoms with van der Waals surface area (Å²) in [5.41, 5.74) is 0. The van der Waals surface area contributed by atoms with Gasteiger partial charge >= 0.3 is 0 Å².